The van der Waals surface area contributed by atoms with E-state index in [9.17, 15) is 19.5 Å². The van der Waals surface area contributed by atoms with Crippen molar-refractivity contribution in [2.24, 2.45) is 11.8 Å². The first-order valence-corrected chi connectivity index (χ1v) is 12.4. The number of piperidine rings is 1. The molecule has 0 spiro atoms. The molecule has 1 aliphatic heterocycles. The zero-order valence-electron chi connectivity index (χ0n) is 20.6. The van der Waals surface area contributed by atoms with E-state index < -0.39 is 18.0 Å². The average Bonchev–Trinajstić information content (AvgIpc) is 3.15. The summed E-state index contributed by atoms with van der Waals surface area (Å²) in [5, 5.41) is 12.2. The maximum Gasteiger partial charge on any atom is 0.407 e. The summed E-state index contributed by atoms with van der Waals surface area (Å²) in [5.74, 6) is -1.27. The molecule has 0 bridgehead atoms. The van der Waals surface area contributed by atoms with Crippen molar-refractivity contribution in [1.29, 1.82) is 0 Å². The molecule has 2 N–H and O–H groups in total. The Morgan fingerprint density at radius 1 is 1.06 bits per heavy atom. The van der Waals surface area contributed by atoms with Crippen LogP contribution in [0.1, 0.15) is 57.1 Å². The number of hydrogen-bond acceptors (Lipinski definition) is 4. The Kier molecular flexibility index (Phi) is 7.43. The Morgan fingerprint density at radius 2 is 1.66 bits per heavy atom. The monoisotopic (exact) mass is 478 g/mol. The van der Waals surface area contributed by atoms with E-state index in [4.69, 9.17) is 4.74 Å². The quantitative estimate of drug-likeness (QED) is 0.604. The van der Waals surface area contributed by atoms with Crippen molar-refractivity contribution in [3.63, 3.8) is 0 Å². The molecule has 186 valence electrons. The van der Waals surface area contributed by atoms with Gasteiger partial charge in [0.15, 0.2) is 0 Å². The van der Waals surface area contributed by atoms with Crippen LogP contribution in [0.5, 0.6) is 0 Å². The third-order valence-electron chi connectivity index (χ3n) is 7.39. The van der Waals surface area contributed by atoms with Crippen LogP contribution in [0.2, 0.25) is 0 Å². The second kappa shape index (κ2) is 10.5. The molecule has 1 fully saturated rings. The summed E-state index contributed by atoms with van der Waals surface area (Å²) in [5.41, 5.74) is 4.64. The van der Waals surface area contributed by atoms with Gasteiger partial charge in [-0.05, 0) is 47.9 Å². The van der Waals surface area contributed by atoms with Crippen molar-refractivity contribution < 1.29 is 24.2 Å². The number of aliphatic carboxylic acids is 1. The lowest BCUT2D eigenvalue weighted by molar-refractivity contribution is -0.147. The number of hydrogen-bond donors (Lipinski definition) is 2. The summed E-state index contributed by atoms with van der Waals surface area (Å²) < 4.78 is 5.67. The molecular formula is C28H34N2O5. The van der Waals surface area contributed by atoms with E-state index >= 15 is 0 Å². The standard InChI is InChI=1S/C28H34N2O5/c1-17(2)25(15-26(31)30-13-12-19(27(32)33)14-18(30)3)29-28(34)35-16-24-22-10-6-4-8-20(22)21-9-5-7-11-23(21)24/h4-11,17-19,24-25H,12-16H2,1-3H3,(H,29,34)(H,32,33)/t18-,19-,25?/m1/s1. The molecule has 0 radical (unpaired) electrons. The molecule has 2 aliphatic rings. The summed E-state index contributed by atoms with van der Waals surface area (Å²) in [7, 11) is 0. The van der Waals surface area contributed by atoms with Crippen LogP contribution in [0.15, 0.2) is 48.5 Å². The average molecular weight is 479 g/mol. The molecule has 1 saturated heterocycles. The number of rotatable bonds is 7. The SMILES string of the molecule is CC(C)C(CC(=O)N1CC[C@@H](C(=O)O)C[C@H]1C)NC(=O)OCC1c2ccccc2-c2ccccc21. The molecule has 7 nitrogen and oxygen atoms in total. The number of carbonyl (C=O) groups is 3. The third-order valence-corrected chi connectivity index (χ3v) is 7.39. The van der Waals surface area contributed by atoms with Crippen molar-refractivity contribution in [3.05, 3.63) is 59.7 Å². The van der Waals surface area contributed by atoms with E-state index in [1.54, 1.807) is 4.90 Å². The van der Waals surface area contributed by atoms with Crippen LogP contribution in [0.25, 0.3) is 11.1 Å². The number of ether oxygens (including phenoxy) is 1. The number of carbonyl (C=O) groups excluding carboxylic acids is 2. The van der Waals surface area contributed by atoms with E-state index in [0.717, 1.165) is 11.1 Å². The molecular weight excluding hydrogens is 444 g/mol. The highest BCUT2D eigenvalue weighted by molar-refractivity contribution is 5.80. The summed E-state index contributed by atoms with van der Waals surface area (Å²) in [6.45, 7) is 6.45. The first kappa shape index (κ1) is 24.8. The molecule has 1 heterocycles. The fourth-order valence-electron chi connectivity index (χ4n) is 5.32. The summed E-state index contributed by atoms with van der Waals surface area (Å²) in [4.78, 5) is 38.8. The minimum atomic E-state index is -0.805. The van der Waals surface area contributed by atoms with Gasteiger partial charge in [0.05, 0.1) is 5.92 Å². The minimum Gasteiger partial charge on any atom is -0.481 e. The van der Waals surface area contributed by atoms with Crippen LogP contribution in [0, 0.1) is 11.8 Å². The van der Waals surface area contributed by atoms with Gasteiger partial charge in [-0.3, -0.25) is 9.59 Å². The number of fused-ring (bicyclic) bond motifs is 3. The summed E-state index contributed by atoms with van der Waals surface area (Å²) in [6, 6.07) is 15.8. The molecule has 4 rings (SSSR count). The van der Waals surface area contributed by atoms with Crippen molar-refractivity contribution in [2.75, 3.05) is 13.2 Å². The second-order valence-corrected chi connectivity index (χ2v) is 10.0. The van der Waals surface area contributed by atoms with E-state index in [1.165, 1.54) is 11.1 Å². The van der Waals surface area contributed by atoms with Crippen molar-refractivity contribution in [3.8, 4) is 11.1 Å². The highest BCUT2D eigenvalue weighted by Gasteiger charge is 2.34. The zero-order valence-corrected chi connectivity index (χ0v) is 20.6. The third kappa shape index (κ3) is 5.34. The Bertz CT molecular complexity index is 1050. The van der Waals surface area contributed by atoms with Gasteiger partial charge in [0, 0.05) is 31.0 Å². The summed E-state index contributed by atoms with van der Waals surface area (Å²) in [6.07, 6.45) is 0.533. The highest BCUT2D eigenvalue weighted by Crippen LogP contribution is 2.44. The molecule has 1 unspecified atom stereocenters. The summed E-state index contributed by atoms with van der Waals surface area (Å²) >= 11 is 0. The largest absolute Gasteiger partial charge is 0.481 e. The van der Waals surface area contributed by atoms with Crippen LogP contribution in [-0.4, -0.2) is 53.2 Å². The Balaban J connectivity index is 1.35. The van der Waals surface area contributed by atoms with E-state index in [0.29, 0.717) is 19.4 Å². The highest BCUT2D eigenvalue weighted by atomic mass is 16.5. The molecule has 3 atom stereocenters. The molecule has 2 aromatic carbocycles. The molecule has 1 aliphatic carbocycles. The van der Waals surface area contributed by atoms with Gasteiger partial charge in [-0.2, -0.15) is 0 Å². The van der Waals surface area contributed by atoms with Crippen LogP contribution in [0.3, 0.4) is 0 Å². The maximum absolute atomic E-state index is 13.0. The van der Waals surface area contributed by atoms with Gasteiger partial charge < -0.3 is 20.1 Å². The molecule has 2 aromatic rings. The predicted molar refractivity (Wildman–Crippen MR) is 133 cm³/mol. The lowest BCUT2D eigenvalue weighted by Gasteiger charge is -2.37. The first-order chi connectivity index (χ1) is 16.8. The van der Waals surface area contributed by atoms with Gasteiger partial charge in [0.2, 0.25) is 5.91 Å². The number of alkyl carbamates (subject to hydrolysis) is 1. The molecule has 35 heavy (non-hydrogen) atoms. The van der Waals surface area contributed by atoms with Crippen molar-refractivity contribution in [1.82, 2.24) is 10.2 Å². The second-order valence-electron chi connectivity index (χ2n) is 10.0. The van der Waals surface area contributed by atoms with Crippen molar-refractivity contribution in [2.45, 2.75) is 58.0 Å². The number of carboxylic acid groups (broad SMARTS) is 1. The van der Waals surface area contributed by atoms with Gasteiger partial charge >= 0.3 is 12.1 Å². The molecule has 0 aromatic heterocycles. The lowest BCUT2D eigenvalue weighted by atomic mass is 9.91. The van der Waals surface area contributed by atoms with Gasteiger partial charge in [0.25, 0.3) is 0 Å². The zero-order chi connectivity index (χ0) is 25.1. The van der Waals surface area contributed by atoms with E-state index in [-0.39, 0.29) is 42.9 Å². The Labute approximate surface area is 206 Å². The van der Waals surface area contributed by atoms with Crippen LogP contribution < -0.4 is 5.32 Å². The van der Waals surface area contributed by atoms with Gasteiger partial charge in [-0.25, -0.2) is 4.79 Å². The fourth-order valence-corrected chi connectivity index (χ4v) is 5.32. The predicted octanol–water partition coefficient (Wildman–Crippen LogP) is 4.65. The van der Waals surface area contributed by atoms with Gasteiger partial charge in [-0.1, -0.05) is 62.4 Å². The van der Waals surface area contributed by atoms with Gasteiger partial charge in [-0.15, -0.1) is 0 Å². The van der Waals surface area contributed by atoms with Crippen LogP contribution >= 0.6 is 0 Å². The molecule has 0 saturated carbocycles. The normalized spacial score (nSPS) is 20.2. The van der Waals surface area contributed by atoms with E-state index in [2.05, 4.69) is 29.6 Å². The fraction of sp³-hybridized carbons (Fsp3) is 0.464. The number of nitrogens with one attached hydrogen (secondary N) is 1. The Hall–Kier alpha value is -3.35. The smallest absolute Gasteiger partial charge is 0.407 e. The number of benzene rings is 2. The van der Waals surface area contributed by atoms with Crippen molar-refractivity contribution >= 4 is 18.0 Å². The number of amides is 2. The number of nitrogens with zero attached hydrogens (tertiary/aromatic N) is 1. The topological polar surface area (TPSA) is 95.9 Å². The molecule has 7 heteroatoms. The molecule has 2 amide bonds. The lowest BCUT2D eigenvalue weighted by Crippen LogP contribution is -2.49. The van der Waals surface area contributed by atoms with Gasteiger partial charge in [0.1, 0.15) is 6.61 Å². The number of likely N-dealkylation sites (tertiary alicyclic amines) is 1. The maximum atomic E-state index is 13.0. The van der Waals surface area contributed by atoms with Crippen LogP contribution in [0.4, 0.5) is 4.79 Å². The van der Waals surface area contributed by atoms with Crippen LogP contribution in [-0.2, 0) is 14.3 Å². The first-order valence-electron chi connectivity index (χ1n) is 12.4. The number of carboxylic acids is 1. The Morgan fingerprint density at radius 3 is 2.20 bits per heavy atom. The minimum absolute atomic E-state index is 0.0244. The van der Waals surface area contributed by atoms with E-state index in [1.807, 2.05) is 45.0 Å².